The van der Waals surface area contributed by atoms with Crippen molar-refractivity contribution in [3.63, 3.8) is 0 Å². The second-order valence-corrected chi connectivity index (χ2v) is 4.87. The first-order valence-corrected chi connectivity index (χ1v) is 6.73. The number of nitrogens with one attached hydrogen (secondary N) is 1. The number of rotatable bonds is 6. The lowest BCUT2D eigenvalue weighted by Crippen LogP contribution is -2.13. The monoisotopic (exact) mass is 277 g/mol. The van der Waals surface area contributed by atoms with Crippen molar-refractivity contribution in [3.05, 3.63) is 36.2 Å². The molecule has 0 aliphatic rings. The molecule has 0 saturated heterocycles. The lowest BCUT2D eigenvalue weighted by atomic mass is 10.3. The van der Waals surface area contributed by atoms with Crippen LogP contribution in [0.15, 0.2) is 35.5 Å². The number of carbonyl (C=O) groups excluding carboxylic acids is 1. The Morgan fingerprint density at radius 1 is 1.37 bits per heavy atom. The highest BCUT2D eigenvalue weighted by molar-refractivity contribution is 7.99. The Balaban J connectivity index is 1.96. The van der Waals surface area contributed by atoms with Crippen LogP contribution in [-0.4, -0.2) is 26.4 Å². The number of hydrogen-bond donors (Lipinski definition) is 2. The lowest BCUT2D eigenvalue weighted by molar-refractivity contribution is -0.115. The molecule has 2 rings (SSSR count). The Morgan fingerprint density at radius 2 is 2.11 bits per heavy atom. The number of aromatic nitrogens is 3. The zero-order valence-electron chi connectivity index (χ0n) is 10.5. The minimum absolute atomic E-state index is 0.206. The van der Waals surface area contributed by atoms with Gasteiger partial charge in [0.2, 0.25) is 5.91 Å². The fourth-order valence-electron chi connectivity index (χ4n) is 1.50. The number of benzene rings is 1. The Hall–Kier alpha value is -2.02. The quantitative estimate of drug-likeness (QED) is 0.769. The van der Waals surface area contributed by atoms with E-state index in [4.69, 9.17) is 5.73 Å². The van der Waals surface area contributed by atoms with Crippen LogP contribution in [0.4, 0.5) is 5.69 Å². The van der Waals surface area contributed by atoms with E-state index >= 15 is 0 Å². The van der Waals surface area contributed by atoms with E-state index in [0.29, 0.717) is 11.7 Å². The van der Waals surface area contributed by atoms with Crippen molar-refractivity contribution in [2.45, 2.75) is 11.7 Å². The molecule has 0 aliphatic heterocycles. The molecule has 0 atom stereocenters. The smallest absolute Gasteiger partial charge is 0.227 e. The highest BCUT2D eigenvalue weighted by Crippen LogP contribution is 2.15. The number of amides is 1. The minimum atomic E-state index is -0.364. The number of carbonyl (C=O) groups is 1. The predicted molar refractivity (Wildman–Crippen MR) is 74.7 cm³/mol. The van der Waals surface area contributed by atoms with Crippen LogP contribution in [-0.2, 0) is 18.4 Å². The molecule has 3 N–H and O–H groups in total. The Kier molecular flexibility index (Phi) is 4.40. The van der Waals surface area contributed by atoms with Gasteiger partial charge < -0.3 is 15.6 Å². The molecule has 2 aromatic rings. The van der Waals surface area contributed by atoms with Gasteiger partial charge in [-0.15, -0.1) is 10.2 Å². The molecule has 1 heterocycles. The minimum Gasteiger partial charge on any atom is -0.378 e. The molecule has 0 radical (unpaired) electrons. The van der Waals surface area contributed by atoms with Gasteiger partial charge in [0.05, 0.1) is 12.3 Å². The van der Waals surface area contributed by atoms with E-state index in [1.807, 2.05) is 41.9 Å². The summed E-state index contributed by atoms with van der Waals surface area (Å²) >= 11 is 1.28. The van der Waals surface area contributed by atoms with E-state index in [1.165, 1.54) is 11.8 Å². The van der Waals surface area contributed by atoms with Gasteiger partial charge in [-0.25, -0.2) is 0 Å². The van der Waals surface area contributed by atoms with Crippen LogP contribution in [0.1, 0.15) is 5.82 Å². The van der Waals surface area contributed by atoms with Gasteiger partial charge in [-0.1, -0.05) is 30.0 Å². The average Bonchev–Trinajstić information content (AvgIpc) is 2.76. The molecular formula is C12H15N5OS. The van der Waals surface area contributed by atoms with Crippen LogP contribution in [0, 0.1) is 0 Å². The number of thioether (sulfide) groups is 1. The Bertz CT molecular complexity index is 555. The molecule has 1 aromatic heterocycles. The summed E-state index contributed by atoms with van der Waals surface area (Å²) in [5.41, 5.74) is 6.13. The topological polar surface area (TPSA) is 85.8 Å². The second kappa shape index (κ2) is 6.24. The number of nitrogens with zero attached hydrogens (tertiary/aromatic N) is 3. The van der Waals surface area contributed by atoms with Crippen LogP contribution in [0.5, 0.6) is 0 Å². The molecule has 0 spiro atoms. The molecule has 0 unspecified atom stereocenters. The first kappa shape index (κ1) is 13.4. The van der Waals surface area contributed by atoms with E-state index in [2.05, 4.69) is 15.5 Å². The number of anilines is 1. The van der Waals surface area contributed by atoms with Gasteiger partial charge in [0.25, 0.3) is 0 Å². The number of nitrogens with two attached hydrogens (primary N) is 1. The molecule has 1 aromatic carbocycles. The lowest BCUT2D eigenvalue weighted by Gasteiger charge is -2.06. The molecular weight excluding hydrogens is 262 g/mol. The highest BCUT2D eigenvalue weighted by atomic mass is 32.2. The number of hydrogen-bond acceptors (Lipinski definition) is 5. The van der Waals surface area contributed by atoms with E-state index in [0.717, 1.165) is 11.5 Å². The van der Waals surface area contributed by atoms with Gasteiger partial charge in [0.15, 0.2) is 11.0 Å². The van der Waals surface area contributed by atoms with Crippen molar-refractivity contribution < 1.29 is 4.79 Å². The summed E-state index contributed by atoms with van der Waals surface area (Å²) in [7, 11) is 1.87. The van der Waals surface area contributed by atoms with Crippen LogP contribution in [0.2, 0.25) is 0 Å². The van der Waals surface area contributed by atoms with Crippen LogP contribution < -0.4 is 11.1 Å². The summed E-state index contributed by atoms with van der Waals surface area (Å²) in [5, 5.41) is 12.1. The Labute approximate surface area is 115 Å². The Morgan fingerprint density at radius 3 is 2.79 bits per heavy atom. The number of primary amides is 1. The summed E-state index contributed by atoms with van der Waals surface area (Å²) < 4.78 is 1.85. The summed E-state index contributed by atoms with van der Waals surface area (Å²) in [4.78, 5) is 10.7. The fourth-order valence-corrected chi connectivity index (χ4v) is 2.17. The third-order valence-electron chi connectivity index (χ3n) is 2.49. The molecule has 7 heteroatoms. The maximum atomic E-state index is 10.7. The van der Waals surface area contributed by atoms with Crippen LogP contribution >= 0.6 is 11.8 Å². The zero-order chi connectivity index (χ0) is 13.7. The summed E-state index contributed by atoms with van der Waals surface area (Å²) in [6.45, 7) is 0.574. The predicted octanol–water partition coefficient (Wildman–Crippen LogP) is 1.00. The van der Waals surface area contributed by atoms with Crippen molar-refractivity contribution in [1.29, 1.82) is 0 Å². The van der Waals surface area contributed by atoms with E-state index < -0.39 is 0 Å². The standard InChI is InChI=1S/C12H15N5OS/c1-17-11(7-14-9-5-3-2-4-6-9)15-16-12(17)19-8-10(13)18/h2-6,14H,7-8H2,1H3,(H2,13,18). The van der Waals surface area contributed by atoms with Gasteiger partial charge in [0.1, 0.15) is 0 Å². The summed E-state index contributed by atoms with van der Waals surface area (Å²) in [6, 6.07) is 9.87. The van der Waals surface area contributed by atoms with Crippen molar-refractivity contribution >= 4 is 23.4 Å². The second-order valence-electron chi connectivity index (χ2n) is 3.93. The van der Waals surface area contributed by atoms with Crippen molar-refractivity contribution in [1.82, 2.24) is 14.8 Å². The maximum Gasteiger partial charge on any atom is 0.227 e. The maximum absolute atomic E-state index is 10.7. The first-order valence-electron chi connectivity index (χ1n) is 5.75. The molecule has 19 heavy (non-hydrogen) atoms. The molecule has 0 bridgehead atoms. The van der Waals surface area contributed by atoms with Crippen molar-refractivity contribution in [2.75, 3.05) is 11.1 Å². The van der Waals surface area contributed by atoms with Crippen molar-refractivity contribution in [3.8, 4) is 0 Å². The van der Waals surface area contributed by atoms with E-state index in [1.54, 1.807) is 0 Å². The molecule has 0 saturated carbocycles. The fraction of sp³-hybridized carbons (Fsp3) is 0.250. The van der Waals surface area contributed by atoms with Crippen LogP contribution in [0.3, 0.4) is 0 Å². The molecule has 0 aliphatic carbocycles. The average molecular weight is 277 g/mol. The summed E-state index contributed by atoms with van der Waals surface area (Å²) in [6.07, 6.45) is 0. The summed E-state index contributed by atoms with van der Waals surface area (Å²) in [5.74, 6) is 0.644. The SMILES string of the molecule is Cn1c(CNc2ccccc2)nnc1SCC(N)=O. The van der Waals surface area contributed by atoms with Crippen LogP contribution in [0.25, 0.3) is 0 Å². The van der Waals surface area contributed by atoms with E-state index in [9.17, 15) is 4.79 Å². The highest BCUT2D eigenvalue weighted by Gasteiger charge is 2.09. The largest absolute Gasteiger partial charge is 0.378 e. The van der Waals surface area contributed by atoms with Gasteiger partial charge in [-0.3, -0.25) is 4.79 Å². The van der Waals surface area contributed by atoms with Gasteiger partial charge in [-0.05, 0) is 12.1 Å². The van der Waals surface area contributed by atoms with Crippen molar-refractivity contribution in [2.24, 2.45) is 12.8 Å². The van der Waals surface area contributed by atoms with Gasteiger partial charge in [0, 0.05) is 12.7 Å². The first-order chi connectivity index (χ1) is 9.16. The van der Waals surface area contributed by atoms with Gasteiger partial charge >= 0.3 is 0 Å². The third-order valence-corrected chi connectivity index (χ3v) is 3.54. The molecule has 1 amide bonds. The molecule has 100 valence electrons. The molecule has 6 nitrogen and oxygen atoms in total. The molecule has 0 fully saturated rings. The van der Waals surface area contributed by atoms with Gasteiger partial charge in [-0.2, -0.15) is 0 Å². The third kappa shape index (κ3) is 3.72. The normalized spacial score (nSPS) is 10.4. The van der Waals surface area contributed by atoms with E-state index in [-0.39, 0.29) is 11.7 Å². The zero-order valence-corrected chi connectivity index (χ0v) is 11.4. The number of para-hydroxylation sites is 1.